The molecule has 0 unspecified atom stereocenters. The monoisotopic (exact) mass is 355 g/mol. The highest BCUT2D eigenvalue weighted by Crippen LogP contribution is 2.27. The highest BCUT2D eigenvalue weighted by atomic mass is 16.6. The fourth-order valence-corrected chi connectivity index (χ4v) is 2.61. The molecule has 0 radical (unpaired) electrons. The third-order valence-electron chi connectivity index (χ3n) is 3.77. The lowest BCUT2D eigenvalue weighted by Crippen LogP contribution is -2.12. The second-order valence-electron chi connectivity index (χ2n) is 5.54. The van der Waals surface area contributed by atoms with Crippen molar-refractivity contribution in [2.45, 2.75) is 20.4 Å². The van der Waals surface area contributed by atoms with E-state index in [4.69, 9.17) is 4.74 Å². The number of nitrogens with zero attached hydrogens (tertiary/aromatic N) is 4. The summed E-state index contributed by atoms with van der Waals surface area (Å²) in [7, 11) is 0. The summed E-state index contributed by atoms with van der Waals surface area (Å²) in [4.78, 5) is 31.3. The number of anilines is 1. The molecule has 134 valence electrons. The Morgan fingerprint density at radius 2 is 2.23 bits per heavy atom. The lowest BCUT2D eigenvalue weighted by atomic mass is 10.2. The summed E-state index contributed by atoms with van der Waals surface area (Å²) in [5.74, 6) is -0.762. The molecule has 0 atom stereocenters. The van der Waals surface area contributed by atoms with E-state index in [0.717, 1.165) is 11.2 Å². The molecular weight excluding hydrogens is 338 g/mol. The van der Waals surface area contributed by atoms with Crippen LogP contribution >= 0.6 is 0 Å². The van der Waals surface area contributed by atoms with Crippen LogP contribution in [-0.2, 0) is 11.3 Å². The minimum absolute atomic E-state index is 0.00525. The molecule has 0 saturated carbocycles. The van der Waals surface area contributed by atoms with Gasteiger partial charge in [0.15, 0.2) is 0 Å². The quantitative estimate of drug-likeness (QED) is 0.411. The van der Waals surface area contributed by atoms with Gasteiger partial charge in [-0.2, -0.15) is 0 Å². The van der Waals surface area contributed by atoms with Gasteiger partial charge in [-0.05, 0) is 31.5 Å². The van der Waals surface area contributed by atoms with Gasteiger partial charge in [-0.3, -0.25) is 10.1 Å². The molecule has 9 nitrogen and oxygen atoms in total. The van der Waals surface area contributed by atoms with Crippen molar-refractivity contribution in [2.75, 3.05) is 11.9 Å². The molecule has 26 heavy (non-hydrogen) atoms. The molecule has 1 N–H and O–H groups in total. The molecule has 0 aliphatic carbocycles. The van der Waals surface area contributed by atoms with E-state index >= 15 is 0 Å². The highest BCUT2D eigenvalue weighted by molar-refractivity contribution is 5.96. The number of nitrogens with one attached hydrogen (secondary N) is 1. The van der Waals surface area contributed by atoms with Gasteiger partial charge in [0.1, 0.15) is 11.2 Å². The van der Waals surface area contributed by atoms with Crippen molar-refractivity contribution in [1.82, 2.24) is 14.4 Å². The molecule has 3 aromatic rings. The van der Waals surface area contributed by atoms with E-state index in [2.05, 4.69) is 15.3 Å². The predicted octanol–water partition coefficient (Wildman–Crippen LogP) is 2.73. The molecule has 3 aromatic heterocycles. The lowest BCUT2D eigenvalue weighted by Gasteiger charge is -2.07. The van der Waals surface area contributed by atoms with Crippen molar-refractivity contribution in [3.05, 3.63) is 63.7 Å². The Labute approximate surface area is 148 Å². The van der Waals surface area contributed by atoms with Crippen LogP contribution in [-0.4, -0.2) is 31.9 Å². The van der Waals surface area contributed by atoms with E-state index in [-0.39, 0.29) is 24.5 Å². The number of pyridine rings is 2. The van der Waals surface area contributed by atoms with Crippen LogP contribution < -0.4 is 5.32 Å². The summed E-state index contributed by atoms with van der Waals surface area (Å²) in [6, 6.07) is 5.14. The van der Waals surface area contributed by atoms with Gasteiger partial charge in [-0.1, -0.05) is 6.07 Å². The van der Waals surface area contributed by atoms with Crippen LogP contribution in [0.2, 0.25) is 0 Å². The van der Waals surface area contributed by atoms with Gasteiger partial charge in [0.25, 0.3) is 0 Å². The van der Waals surface area contributed by atoms with Crippen LogP contribution in [0.4, 0.5) is 11.5 Å². The number of carbonyl (C=O) groups excluding carboxylic acids is 1. The van der Waals surface area contributed by atoms with Gasteiger partial charge in [0.2, 0.25) is 5.82 Å². The maximum Gasteiger partial charge on any atom is 0.345 e. The van der Waals surface area contributed by atoms with Gasteiger partial charge >= 0.3 is 11.7 Å². The Morgan fingerprint density at radius 1 is 1.42 bits per heavy atom. The fraction of sp³-hybridized carbons (Fsp3) is 0.235. The largest absolute Gasteiger partial charge is 0.462 e. The number of ether oxygens (including phenoxy) is 1. The van der Waals surface area contributed by atoms with Gasteiger partial charge in [0, 0.05) is 18.6 Å². The molecule has 0 aliphatic heterocycles. The Hall–Kier alpha value is -3.49. The zero-order valence-corrected chi connectivity index (χ0v) is 14.3. The molecule has 0 aromatic carbocycles. The van der Waals surface area contributed by atoms with Crippen LogP contribution in [0.15, 0.2) is 36.8 Å². The molecule has 0 amide bonds. The number of nitro groups is 1. The van der Waals surface area contributed by atoms with Crippen LogP contribution in [0.3, 0.4) is 0 Å². The SMILES string of the molecule is CCOC(=O)c1ccnc(NCc2cn3cccc(C)c3n2)c1[N+](=O)[O-]. The highest BCUT2D eigenvalue weighted by Gasteiger charge is 2.26. The first kappa shape index (κ1) is 17.3. The first-order chi connectivity index (χ1) is 12.5. The Morgan fingerprint density at radius 3 is 2.92 bits per heavy atom. The summed E-state index contributed by atoms with van der Waals surface area (Å²) in [5.41, 5.74) is 1.97. The normalized spacial score (nSPS) is 10.7. The van der Waals surface area contributed by atoms with Crippen LogP contribution in [0.1, 0.15) is 28.5 Å². The number of aryl methyl sites for hydroxylation is 1. The number of aromatic nitrogens is 3. The molecule has 3 heterocycles. The van der Waals surface area contributed by atoms with E-state index in [9.17, 15) is 14.9 Å². The zero-order valence-electron chi connectivity index (χ0n) is 14.3. The molecule has 0 spiro atoms. The number of fused-ring (bicyclic) bond motifs is 1. The van der Waals surface area contributed by atoms with Crippen molar-refractivity contribution in [3.63, 3.8) is 0 Å². The van der Waals surface area contributed by atoms with Crippen molar-refractivity contribution >= 4 is 23.1 Å². The lowest BCUT2D eigenvalue weighted by molar-refractivity contribution is -0.384. The molecule has 3 rings (SSSR count). The number of hydrogen-bond acceptors (Lipinski definition) is 7. The van der Waals surface area contributed by atoms with Crippen LogP contribution in [0.5, 0.6) is 0 Å². The van der Waals surface area contributed by atoms with Crippen LogP contribution in [0, 0.1) is 17.0 Å². The molecule has 0 aliphatic rings. The summed E-state index contributed by atoms with van der Waals surface area (Å²) in [5, 5.41) is 14.3. The predicted molar refractivity (Wildman–Crippen MR) is 94.1 cm³/mol. The molecule has 0 saturated heterocycles. The summed E-state index contributed by atoms with van der Waals surface area (Å²) in [6.45, 7) is 3.94. The first-order valence-electron chi connectivity index (χ1n) is 7.98. The standard InChI is InChI=1S/C17H17N5O4/c1-3-26-17(23)13-6-7-18-15(14(13)22(24)25)19-9-12-10-21-8-4-5-11(2)16(21)20-12/h4-8,10H,3,9H2,1-2H3,(H,18,19). The van der Waals surface area contributed by atoms with Crippen molar-refractivity contribution < 1.29 is 14.5 Å². The van der Waals surface area contributed by atoms with Gasteiger partial charge in [-0.15, -0.1) is 0 Å². The van der Waals surface area contributed by atoms with Crippen LogP contribution in [0.25, 0.3) is 5.65 Å². The maximum absolute atomic E-state index is 12.0. The summed E-state index contributed by atoms with van der Waals surface area (Å²) in [6.07, 6.45) is 5.03. The number of imidazole rings is 1. The van der Waals surface area contributed by atoms with E-state index in [1.165, 1.54) is 12.3 Å². The van der Waals surface area contributed by atoms with Gasteiger partial charge < -0.3 is 14.5 Å². The van der Waals surface area contributed by atoms with Gasteiger partial charge in [-0.25, -0.2) is 14.8 Å². The summed E-state index contributed by atoms with van der Waals surface area (Å²) < 4.78 is 6.75. The smallest absolute Gasteiger partial charge is 0.345 e. The zero-order chi connectivity index (χ0) is 18.7. The second kappa shape index (κ2) is 7.18. The maximum atomic E-state index is 12.0. The van der Waals surface area contributed by atoms with Crippen molar-refractivity contribution in [2.24, 2.45) is 0 Å². The molecule has 0 bridgehead atoms. The van der Waals surface area contributed by atoms with E-state index in [1.807, 2.05) is 35.9 Å². The fourth-order valence-electron chi connectivity index (χ4n) is 2.61. The topological polar surface area (TPSA) is 112 Å². The van der Waals surface area contributed by atoms with Gasteiger partial charge in [0.05, 0.1) is 23.8 Å². The minimum atomic E-state index is -0.756. The Balaban J connectivity index is 1.89. The summed E-state index contributed by atoms with van der Waals surface area (Å²) >= 11 is 0. The molecule has 0 fully saturated rings. The number of hydrogen-bond donors (Lipinski definition) is 1. The average Bonchev–Trinajstić information content (AvgIpc) is 3.04. The molecular formula is C17H17N5O4. The Kier molecular flexibility index (Phi) is 4.78. The van der Waals surface area contributed by atoms with Crippen molar-refractivity contribution in [1.29, 1.82) is 0 Å². The number of rotatable bonds is 6. The third-order valence-corrected chi connectivity index (χ3v) is 3.77. The van der Waals surface area contributed by atoms with E-state index in [0.29, 0.717) is 5.69 Å². The number of esters is 1. The average molecular weight is 355 g/mol. The third kappa shape index (κ3) is 3.32. The van der Waals surface area contributed by atoms with E-state index < -0.39 is 16.6 Å². The second-order valence-corrected chi connectivity index (χ2v) is 5.54. The first-order valence-corrected chi connectivity index (χ1v) is 7.98. The van der Waals surface area contributed by atoms with Crippen molar-refractivity contribution in [3.8, 4) is 0 Å². The van der Waals surface area contributed by atoms with E-state index in [1.54, 1.807) is 6.92 Å². The number of carbonyl (C=O) groups is 1. The Bertz CT molecular complexity index is 982. The molecule has 9 heteroatoms. The minimum Gasteiger partial charge on any atom is -0.462 e.